The number of para-hydroxylation sites is 1. The maximum absolute atomic E-state index is 13.1. The molecule has 0 spiro atoms. The standard InChI is InChI=1S/C22H23NO4/c1-3-25-19-11-14-9-10-23-21(16(14)12-20(19)26-4-2)17-13-27-18-8-6-5-7-15(18)22(17)24/h5-8,11-13,21,23H,3-4,9-10H2,1-2H3/p+1/t21-/m0/s1. The molecule has 0 amide bonds. The van der Waals surface area contributed by atoms with Crippen LogP contribution in [0.25, 0.3) is 11.0 Å². The van der Waals surface area contributed by atoms with Crippen LogP contribution in [0.5, 0.6) is 11.5 Å². The molecule has 140 valence electrons. The normalized spacial score (nSPS) is 16.1. The second kappa shape index (κ2) is 7.45. The van der Waals surface area contributed by atoms with Crippen LogP contribution in [0.2, 0.25) is 0 Å². The molecule has 5 heteroatoms. The van der Waals surface area contributed by atoms with Crippen LogP contribution >= 0.6 is 0 Å². The Kier molecular flexibility index (Phi) is 4.86. The molecule has 3 aromatic rings. The molecule has 2 aromatic carbocycles. The fourth-order valence-corrected chi connectivity index (χ4v) is 3.79. The third-order valence-electron chi connectivity index (χ3n) is 5.00. The third-order valence-corrected chi connectivity index (χ3v) is 5.00. The van der Waals surface area contributed by atoms with Crippen LogP contribution in [0.1, 0.15) is 36.6 Å². The molecule has 0 saturated carbocycles. The van der Waals surface area contributed by atoms with Gasteiger partial charge in [0.05, 0.1) is 30.7 Å². The predicted molar refractivity (Wildman–Crippen MR) is 104 cm³/mol. The minimum Gasteiger partial charge on any atom is -0.490 e. The summed E-state index contributed by atoms with van der Waals surface area (Å²) in [5.74, 6) is 1.49. The van der Waals surface area contributed by atoms with Crippen LogP contribution in [0.3, 0.4) is 0 Å². The van der Waals surface area contributed by atoms with Crippen molar-refractivity contribution in [3.05, 3.63) is 69.6 Å². The Hall–Kier alpha value is -2.79. The Labute approximate surface area is 157 Å². The summed E-state index contributed by atoms with van der Waals surface area (Å²) in [4.78, 5) is 13.1. The highest BCUT2D eigenvalue weighted by Crippen LogP contribution is 2.35. The number of fused-ring (bicyclic) bond motifs is 2. The molecule has 1 aromatic heterocycles. The number of rotatable bonds is 5. The van der Waals surface area contributed by atoms with Crippen molar-refractivity contribution in [3.63, 3.8) is 0 Å². The molecule has 0 unspecified atom stereocenters. The van der Waals surface area contributed by atoms with Gasteiger partial charge >= 0.3 is 0 Å². The van der Waals surface area contributed by atoms with Crippen LogP contribution < -0.4 is 20.2 Å². The van der Waals surface area contributed by atoms with E-state index in [2.05, 4.69) is 11.4 Å². The molecule has 1 aliphatic heterocycles. The molecular formula is C22H24NO4+. The van der Waals surface area contributed by atoms with E-state index in [-0.39, 0.29) is 11.5 Å². The van der Waals surface area contributed by atoms with Gasteiger partial charge in [-0.1, -0.05) is 12.1 Å². The summed E-state index contributed by atoms with van der Waals surface area (Å²) < 4.78 is 17.3. The van der Waals surface area contributed by atoms with Gasteiger partial charge in [0.25, 0.3) is 0 Å². The molecule has 0 aliphatic carbocycles. The smallest absolute Gasteiger partial charge is 0.202 e. The van der Waals surface area contributed by atoms with Gasteiger partial charge in [0, 0.05) is 12.0 Å². The Morgan fingerprint density at radius 2 is 1.81 bits per heavy atom. The molecule has 0 radical (unpaired) electrons. The third kappa shape index (κ3) is 3.19. The summed E-state index contributed by atoms with van der Waals surface area (Å²) in [7, 11) is 0. The van der Waals surface area contributed by atoms with Gasteiger partial charge in [0.2, 0.25) is 5.43 Å². The zero-order chi connectivity index (χ0) is 18.8. The quantitative estimate of drug-likeness (QED) is 0.754. The number of hydrogen-bond donors (Lipinski definition) is 1. The first-order valence-corrected chi connectivity index (χ1v) is 9.49. The lowest BCUT2D eigenvalue weighted by Gasteiger charge is -2.25. The maximum atomic E-state index is 13.1. The Bertz CT molecular complexity index is 1020. The van der Waals surface area contributed by atoms with Gasteiger partial charge in [-0.2, -0.15) is 0 Å². The molecule has 4 rings (SSSR count). The number of nitrogens with two attached hydrogens (primary N) is 1. The minimum atomic E-state index is -0.107. The molecule has 0 saturated heterocycles. The fraction of sp³-hybridized carbons (Fsp3) is 0.318. The lowest BCUT2D eigenvalue weighted by atomic mass is 9.89. The first kappa shape index (κ1) is 17.6. The van der Waals surface area contributed by atoms with Gasteiger partial charge in [-0.25, -0.2) is 0 Å². The second-order valence-corrected chi connectivity index (χ2v) is 6.63. The van der Waals surface area contributed by atoms with Gasteiger partial charge in [-0.3, -0.25) is 4.79 Å². The van der Waals surface area contributed by atoms with Crippen LogP contribution in [-0.2, 0) is 6.42 Å². The van der Waals surface area contributed by atoms with E-state index in [9.17, 15) is 4.79 Å². The van der Waals surface area contributed by atoms with Crippen molar-refractivity contribution in [2.75, 3.05) is 19.8 Å². The van der Waals surface area contributed by atoms with Crippen LogP contribution in [0, 0.1) is 0 Å². The minimum absolute atomic E-state index is 0.0257. The van der Waals surface area contributed by atoms with Crippen molar-refractivity contribution in [3.8, 4) is 11.5 Å². The number of quaternary nitrogens is 1. The highest BCUT2D eigenvalue weighted by molar-refractivity contribution is 5.76. The summed E-state index contributed by atoms with van der Waals surface area (Å²) in [6.45, 7) is 5.97. The summed E-state index contributed by atoms with van der Waals surface area (Å²) in [5.41, 5.74) is 3.60. The zero-order valence-corrected chi connectivity index (χ0v) is 15.7. The molecule has 5 nitrogen and oxygen atoms in total. The average Bonchev–Trinajstić information content (AvgIpc) is 2.69. The van der Waals surface area contributed by atoms with E-state index >= 15 is 0 Å². The van der Waals surface area contributed by atoms with E-state index in [4.69, 9.17) is 13.9 Å². The van der Waals surface area contributed by atoms with E-state index in [0.717, 1.165) is 30.0 Å². The summed E-state index contributed by atoms with van der Waals surface area (Å²) in [6.07, 6.45) is 2.54. The summed E-state index contributed by atoms with van der Waals surface area (Å²) >= 11 is 0. The maximum Gasteiger partial charge on any atom is 0.202 e. The lowest BCUT2D eigenvalue weighted by molar-refractivity contribution is -0.690. The van der Waals surface area contributed by atoms with Crippen molar-refractivity contribution >= 4 is 11.0 Å². The number of hydrogen-bond acceptors (Lipinski definition) is 4. The molecule has 0 fully saturated rings. The zero-order valence-electron chi connectivity index (χ0n) is 15.7. The van der Waals surface area contributed by atoms with Gasteiger partial charge in [-0.15, -0.1) is 0 Å². The van der Waals surface area contributed by atoms with Gasteiger partial charge in [-0.05, 0) is 43.7 Å². The van der Waals surface area contributed by atoms with Crippen molar-refractivity contribution in [2.45, 2.75) is 26.3 Å². The first-order valence-electron chi connectivity index (χ1n) is 9.49. The van der Waals surface area contributed by atoms with Gasteiger partial charge in [0.1, 0.15) is 17.9 Å². The fourth-order valence-electron chi connectivity index (χ4n) is 3.79. The molecular weight excluding hydrogens is 342 g/mol. The van der Waals surface area contributed by atoms with Gasteiger partial charge < -0.3 is 19.2 Å². The molecule has 1 aliphatic rings. The van der Waals surface area contributed by atoms with Crippen molar-refractivity contribution in [1.29, 1.82) is 0 Å². The van der Waals surface area contributed by atoms with E-state index in [1.165, 1.54) is 5.56 Å². The Balaban J connectivity index is 1.85. The second-order valence-electron chi connectivity index (χ2n) is 6.63. The van der Waals surface area contributed by atoms with Crippen molar-refractivity contribution in [2.24, 2.45) is 0 Å². The average molecular weight is 366 g/mol. The highest BCUT2D eigenvalue weighted by Gasteiger charge is 2.30. The molecule has 2 heterocycles. The number of ether oxygens (including phenoxy) is 2. The molecule has 0 bridgehead atoms. The van der Waals surface area contributed by atoms with E-state index in [1.54, 1.807) is 6.26 Å². The van der Waals surface area contributed by atoms with Gasteiger partial charge in [0.15, 0.2) is 11.5 Å². The molecule has 2 N–H and O–H groups in total. The number of benzene rings is 2. The van der Waals surface area contributed by atoms with Crippen LogP contribution in [-0.4, -0.2) is 19.8 Å². The summed E-state index contributed by atoms with van der Waals surface area (Å²) in [5, 5.41) is 2.81. The van der Waals surface area contributed by atoms with Crippen LogP contribution in [0.15, 0.2) is 51.9 Å². The van der Waals surface area contributed by atoms with E-state index < -0.39 is 0 Å². The topological polar surface area (TPSA) is 65.3 Å². The van der Waals surface area contributed by atoms with Crippen molar-refractivity contribution < 1.29 is 19.2 Å². The highest BCUT2D eigenvalue weighted by atomic mass is 16.5. The van der Waals surface area contributed by atoms with E-state index in [0.29, 0.717) is 29.7 Å². The lowest BCUT2D eigenvalue weighted by Crippen LogP contribution is -2.87. The SMILES string of the molecule is CCOc1cc2c(cc1OCC)[C@@H](c1coc3ccccc3c1=O)[NH2+]CC2. The monoisotopic (exact) mass is 366 g/mol. The predicted octanol–water partition coefficient (Wildman–Crippen LogP) is 2.80. The largest absolute Gasteiger partial charge is 0.490 e. The Morgan fingerprint density at radius 3 is 2.59 bits per heavy atom. The molecule has 1 atom stereocenters. The van der Waals surface area contributed by atoms with E-state index in [1.807, 2.05) is 44.2 Å². The molecule has 27 heavy (non-hydrogen) atoms. The summed E-state index contributed by atoms with van der Waals surface area (Å²) in [6, 6.07) is 11.4. The van der Waals surface area contributed by atoms with Crippen LogP contribution in [0.4, 0.5) is 0 Å². The Morgan fingerprint density at radius 1 is 1.07 bits per heavy atom. The first-order chi connectivity index (χ1) is 13.2. The van der Waals surface area contributed by atoms with Crippen molar-refractivity contribution in [1.82, 2.24) is 0 Å².